The predicted molar refractivity (Wildman–Crippen MR) is 118 cm³/mol. The zero-order valence-electron chi connectivity index (χ0n) is 18.5. The average molecular weight is 413 g/mol. The summed E-state index contributed by atoms with van der Waals surface area (Å²) in [4.78, 5) is 27.3. The Bertz CT molecular complexity index is 831. The second-order valence-corrected chi connectivity index (χ2v) is 8.18. The number of nitrogens with zero attached hydrogens (tertiary/aromatic N) is 1. The van der Waals surface area contributed by atoms with E-state index in [1.165, 1.54) is 0 Å². The summed E-state index contributed by atoms with van der Waals surface area (Å²) in [5.74, 6) is 0.595. The molecule has 0 fully saturated rings. The highest BCUT2D eigenvalue weighted by Crippen LogP contribution is 2.25. The van der Waals surface area contributed by atoms with Crippen molar-refractivity contribution in [3.8, 4) is 11.5 Å². The van der Waals surface area contributed by atoms with Crippen molar-refractivity contribution in [3.63, 3.8) is 0 Å². The summed E-state index contributed by atoms with van der Waals surface area (Å²) in [6, 6.07) is 16.4. The van der Waals surface area contributed by atoms with Crippen molar-refractivity contribution in [2.24, 2.45) is 0 Å². The quantitative estimate of drug-likeness (QED) is 0.685. The van der Waals surface area contributed by atoms with Crippen LogP contribution in [0, 0.1) is 0 Å². The minimum Gasteiger partial charge on any atom is -0.493 e. The van der Waals surface area contributed by atoms with Crippen LogP contribution in [0.1, 0.15) is 33.3 Å². The fourth-order valence-electron chi connectivity index (χ4n) is 3.00. The number of carbonyl (C=O) groups is 2. The van der Waals surface area contributed by atoms with Crippen LogP contribution in [0.25, 0.3) is 0 Å². The van der Waals surface area contributed by atoms with E-state index >= 15 is 0 Å². The number of amides is 2. The molecular weight excluding hydrogens is 380 g/mol. The lowest BCUT2D eigenvalue weighted by atomic mass is 10.1. The molecule has 1 N–H and O–H groups in total. The molecule has 0 saturated heterocycles. The summed E-state index contributed by atoms with van der Waals surface area (Å²) in [5, 5.41) is 2.95. The molecule has 0 aliphatic rings. The van der Waals surface area contributed by atoms with E-state index in [4.69, 9.17) is 9.47 Å². The maximum Gasteiger partial charge on any atom is 0.261 e. The van der Waals surface area contributed by atoms with E-state index < -0.39 is 6.04 Å². The lowest BCUT2D eigenvalue weighted by Gasteiger charge is -2.31. The molecule has 2 rings (SSSR count). The van der Waals surface area contributed by atoms with E-state index in [2.05, 4.69) is 5.32 Å². The van der Waals surface area contributed by atoms with Crippen LogP contribution >= 0.6 is 0 Å². The first kappa shape index (κ1) is 23.3. The van der Waals surface area contributed by atoms with Gasteiger partial charge >= 0.3 is 0 Å². The number of hydrogen-bond donors (Lipinski definition) is 1. The highest BCUT2D eigenvalue weighted by Gasteiger charge is 2.28. The Morgan fingerprint density at radius 1 is 1.00 bits per heavy atom. The van der Waals surface area contributed by atoms with Crippen molar-refractivity contribution in [1.29, 1.82) is 0 Å². The van der Waals surface area contributed by atoms with Gasteiger partial charge in [0.15, 0.2) is 18.1 Å². The first-order chi connectivity index (χ1) is 14.2. The first-order valence-electron chi connectivity index (χ1n) is 10.1. The molecule has 0 heterocycles. The number of rotatable bonds is 9. The molecule has 2 amide bonds. The lowest BCUT2D eigenvalue weighted by molar-refractivity contribution is -0.142. The normalized spacial score (nSPS) is 12.0. The van der Waals surface area contributed by atoms with Gasteiger partial charge in [-0.15, -0.1) is 0 Å². The largest absolute Gasteiger partial charge is 0.493 e. The van der Waals surface area contributed by atoms with Crippen LogP contribution in [0.4, 0.5) is 0 Å². The lowest BCUT2D eigenvalue weighted by Crippen LogP contribution is -2.53. The van der Waals surface area contributed by atoms with Crippen LogP contribution in [0.5, 0.6) is 11.5 Å². The number of nitrogens with one attached hydrogen (secondary N) is 1. The van der Waals surface area contributed by atoms with Crippen molar-refractivity contribution in [1.82, 2.24) is 10.2 Å². The van der Waals surface area contributed by atoms with Crippen LogP contribution in [0.3, 0.4) is 0 Å². The summed E-state index contributed by atoms with van der Waals surface area (Å²) in [7, 11) is 1.55. The Hall–Kier alpha value is -3.02. The van der Waals surface area contributed by atoms with Gasteiger partial charge in [0, 0.05) is 12.1 Å². The molecule has 162 valence electrons. The van der Waals surface area contributed by atoms with Crippen molar-refractivity contribution >= 4 is 11.8 Å². The molecular formula is C24H32N2O4. The summed E-state index contributed by atoms with van der Waals surface area (Å²) in [6.07, 6.45) is 0.647. The maximum absolute atomic E-state index is 13.0. The zero-order valence-corrected chi connectivity index (χ0v) is 18.5. The third-order valence-corrected chi connectivity index (χ3v) is 4.57. The number of methoxy groups -OCH3 is 1. The average Bonchev–Trinajstić information content (AvgIpc) is 2.71. The molecule has 6 heteroatoms. The fraction of sp³-hybridized carbons (Fsp3) is 0.417. The molecule has 1 atom stereocenters. The van der Waals surface area contributed by atoms with Gasteiger partial charge in [0.2, 0.25) is 5.91 Å². The number of para-hydroxylation sites is 2. The standard InChI is InChI=1S/C24H32N2O4/c1-18(23(28)25-24(2,3)4)26(16-15-19-11-7-6-8-12-19)22(27)17-30-21-14-10-9-13-20(21)29-5/h6-14,18H,15-17H2,1-5H3,(H,25,28)/t18-/m0/s1. The highest BCUT2D eigenvalue weighted by molar-refractivity contribution is 5.88. The number of carbonyl (C=O) groups excluding carboxylic acids is 2. The molecule has 0 saturated carbocycles. The van der Waals surface area contributed by atoms with Gasteiger partial charge in [0.25, 0.3) is 5.91 Å². The van der Waals surface area contributed by atoms with Gasteiger partial charge < -0.3 is 19.7 Å². The number of benzene rings is 2. The van der Waals surface area contributed by atoms with Crippen molar-refractivity contribution in [2.75, 3.05) is 20.3 Å². The molecule has 0 aliphatic carbocycles. The third-order valence-electron chi connectivity index (χ3n) is 4.57. The minimum atomic E-state index is -0.623. The Labute approximate surface area is 179 Å². The van der Waals surface area contributed by atoms with E-state index in [1.54, 1.807) is 31.1 Å². The van der Waals surface area contributed by atoms with Crippen LogP contribution in [-0.4, -0.2) is 48.6 Å². The summed E-state index contributed by atoms with van der Waals surface area (Å²) in [6.45, 7) is 7.72. The van der Waals surface area contributed by atoms with E-state index in [9.17, 15) is 9.59 Å². The van der Waals surface area contributed by atoms with E-state index in [-0.39, 0.29) is 24.0 Å². The van der Waals surface area contributed by atoms with Crippen molar-refractivity contribution in [3.05, 3.63) is 60.2 Å². The van der Waals surface area contributed by atoms with E-state index in [1.807, 2.05) is 63.2 Å². The van der Waals surface area contributed by atoms with Gasteiger partial charge in [0.05, 0.1) is 7.11 Å². The number of ether oxygens (including phenoxy) is 2. The van der Waals surface area contributed by atoms with Crippen LogP contribution in [0.15, 0.2) is 54.6 Å². The van der Waals surface area contributed by atoms with Gasteiger partial charge in [-0.25, -0.2) is 0 Å². The molecule has 0 radical (unpaired) electrons. The summed E-state index contributed by atoms with van der Waals surface area (Å²) in [5.41, 5.74) is 0.720. The smallest absolute Gasteiger partial charge is 0.261 e. The van der Waals surface area contributed by atoms with Gasteiger partial charge in [-0.1, -0.05) is 42.5 Å². The topological polar surface area (TPSA) is 67.9 Å². The predicted octanol–water partition coefficient (Wildman–Crippen LogP) is 3.45. The Kier molecular flexibility index (Phi) is 8.27. The third kappa shape index (κ3) is 7.10. The van der Waals surface area contributed by atoms with E-state index in [0.29, 0.717) is 24.5 Å². The second-order valence-electron chi connectivity index (χ2n) is 8.18. The molecule has 0 aliphatic heterocycles. The first-order valence-corrected chi connectivity index (χ1v) is 10.1. The monoisotopic (exact) mass is 412 g/mol. The number of hydrogen-bond acceptors (Lipinski definition) is 4. The van der Waals surface area contributed by atoms with Crippen molar-refractivity contribution < 1.29 is 19.1 Å². The Morgan fingerprint density at radius 2 is 1.60 bits per heavy atom. The molecule has 0 bridgehead atoms. The minimum absolute atomic E-state index is 0.178. The molecule has 2 aromatic carbocycles. The maximum atomic E-state index is 13.0. The van der Waals surface area contributed by atoms with Crippen molar-refractivity contribution in [2.45, 2.75) is 45.7 Å². The van der Waals surface area contributed by atoms with Gasteiger partial charge in [0.1, 0.15) is 6.04 Å². The zero-order chi connectivity index (χ0) is 22.1. The summed E-state index contributed by atoms with van der Waals surface area (Å²) >= 11 is 0. The van der Waals surface area contributed by atoms with Crippen LogP contribution in [0.2, 0.25) is 0 Å². The van der Waals surface area contributed by atoms with Gasteiger partial charge in [-0.2, -0.15) is 0 Å². The summed E-state index contributed by atoms with van der Waals surface area (Å²) < 4.78 is 11.0. The molecule has 0 aromatic heterocycles. The highest BCUT2D eigenvalue weighted by atomic mass is 16.5. The molecule has 30 heavy (non-hydrogen) atoms. The molecule has 6 nitrogen and oxygen atoms in total. The molecule has 0 unspecified atom stereocenters. The van der Waals surface area contributed by atoms with Crippen LogP contribution in [-0.2, 0) is 16.0 Å². The second kappa shape index (κ2) is 10.7. The molecule has 2 aromatic rings. The van der Waals surface area contributed by atoms with Gasteiger partial charge in [-0.3, -0.25) is 9.59 Å². The van der Waals surface area contributed by atoms with E-state index in [0.717, 1.165) is 5.56 Å². The fourth-order valence-corrected chi connectivity index (χ4v) is 3.00. The van der Waals surface area contributed by atoms with Gasteiger partial charge in [-0.05, 0) is 51.8 Å². The Morgan fingerprint density at radius 3 is 2.20 bits per heavy atom. The molecule has 0 spiro atoms. The Balaban J connectivity index is 2.12. The van der Waals surface area contributed by atoms with Crippen LogP contribution < -0.4 is 14.8 Å². The SMILES string of the molecule is COc1ccccc1OCC(=O)N(CCc1ccccc1)[C@@H](C)C(=O)NC(C)(C)C.